The number of hydrogen-bond donors (Lipinski definition) is 1. The normalized spacial score (nSPS) is 10.9. The Morgan fingerprint density at radius 3 is 2.26 bits per heavy atom. The summed E-state index contributed by atoms with van der Waals surface area (Å²) >= 11 is 0. The second-order valence-electron chi connectivity index (χ2n) is 4.68. The van der Waals surface area contributed by atoms with Crippen molar-refractivity contribution in [1.82, 2.24) is 0 Å². The molecule has 122 valence electrons. The number of hydrogen-bond acceptors (Lipinski definition) is 4. The molecule has 23 heavy (non-hydrogen) atoms. The minimum atomic E-state index is -3.66. The summed E-state index contributed by atoms with van der Waals surface area (Å²) in [6.07, 6.45) is -0.579. The lowest BCUT2D eigenvalue weighted by Crippen LogP contribution is -2.26. The molecule has 0 saturated heterocycles. The van der Waals surface area contributed by atoms with E-state index in [0.29, 0.717) is 11.4 Å². The van der Waals surface area contributed by atoms with Crippen LogP contribution in [0.1, 0.15) is 6.92 Å². The number of anilines is 2. The van der Waals surface area contributed by atoms with Gasteiger partial charge >= 0.3 is 6.09 Å². The summed E-state index contributed by atoms with van der Waals surface area (Å²) in [4.78, 5) is 11.5. The maximum Gasteiger partial charge on any atom is 0.411 e. The minimum Gasteiger partial charge on any atom is -0.450 e. The fourth-order valence-electron chi connectivity index (χ4n) is 1.93. The van der Waals surface area contributed by atoms with E-state index < -0.39 is 16.1 Å². The van der Waals surface area contributed by atoms with Gasteiger partial charge in [0.1, 0.15) is 0 Å². The highest BCUT2D eigenvalue weighted by molar-refractivity contribution is 7.92. The van der Waals surface area contributed by atoms with E-state index in [1.807, 2.05) is 6.07 Å². The minimum absolute atomic E-state index is 0.137. The summed E-state index contributed by atoms with van der Waals surface area (Å²) < 4.78 is 31.1. The van der Waals surface area contributed by atoms with Crippen LogP contribution in [0, 0.1) is 0 Å². The maximum absolute atomic E-state index is 12.6. The van der Waals surface area contributed by atoms with E-state index in [1.165, 1.54) is 35.6 Å². The molecule has 2 aromatic rings. The zero-order valence-corrected chi connectivity index (χ0v) is 13.7. The first-order chi connectivity index (χ1) is 10.9. The zero-order valence-electron chi connectivity index (χ0n) is 12.9. The molecule has 0 radical (unpaired) electrons. The zero-order chi connectivity index (χ0) is 16.9. The number of ether oxygens (including phenoxy) is 1. The van der Waals surface area contributed by atoms with Gasteiger partial charge < -0.3 is 4.74 Å². The predicted molar refractivity (Wildman–Crippen MR) is 89.1 cm³/mol. The van der Waals surface area contributed by atoms with Crippen molar-refractivity contribution < 1.29 is 17.9 Å². The van der Waals surface area contributed by atoms with Gasteiger partial charge in [-0.3, -0.25) is 9.62 Å². The van der Waals surface area contributed by atoms with Crippen LogP contribution in [0.15, 0.2) is 59.5 Å². The van der Waals surface area contributed by atoms with Gasteiger partial charge in [0.05, 0.1) is 17.2 Å². The molecule has 2 aromatic carbocycles. The third-order valence-electron chi connectivity index (χ3n) is 3.15. The molecule has 0 aliphatic carbocycles. The Hall–Kier alpha value is -2.54. The number of sulfonamides is 1. The quantitative estimate of drug-likeness (QED) is 0.912. The number of nitrogens with one attached hydrogen (secondary N) is 1. The van der Waals surface area contributed by atoms with Crippen molar-refractivity contribution in [2.45, 2.75) is 11.8 Å². The molecule has 1 N–H and O–H groups in total. The van der Waals surface area contributed by atoms with Crippen LogP contribution in [0.25, 0.3) is 0 Å². The van der Waals surface area contributed by atoms with Gasteiger partial charge in [-0.05, 0) is 43.3 Å². The van der Waals surface area contributed by atoms with Crippen molar-refractivity contribution in [3.05, 3.63) is 54.6 Å². The molecule has 0 aromatic heterocycles. The molecule has 0 spiro atoms. The van der Waals surface area contributed by atoms with E-state index >= 15 is 0 Å². The summed E-state index contributed by atoms with van der Waals surface area (Å²) in [6.45, 7) is 1.97. The first-order valence-corrected chi connectivity index (χ1v) is 8.47. The van der Waals surface area contributed by atoms with Gasteiger partial charge in [-0.15, -0.1) is 0 Å². The van der Waals surface area contributed by atoms with Gasteiger partial charge in [0.2, 0.25) is 0 Å². The highest BCUT2D eigenvalue weighted by Gasteiger charge is 2.21. The molecule has 7 heteroatoms. The second kappa shape index (κ2) is 7.15. The Morgan fingerprint density at radius 1 is 1.09 bits per heavy atom. The lowest BCUT2D eigenvalue weighted by atomic mass is 10.3. The number of amides is 1. The Labute approximate surface area is 135 Å². The molecule has 2 rings (SSSR count). The van der Waals surface area contributed by atoms with Crippen molar-refractivity contribution in [2.75, 3.05) is 23.3 Å². The second-order valence-corrected chi connectivity index (χ2v) is 6.65. The average molecular weight is 334 g/mol. The van der Waals surface area contributed by atoms with Crippen molar-refractivity contribution in [3.8, 4) is 0 Å². The van der Waals surface area contributed by atoms with Crippen molar-refractivity contribution in [2.24, 2.45) is 0 Å². The van der Waals surface area contributed by atoms with Crippen molar-refractivity contribution in [3.63, 3.8) is 0 Å². The summed E-state index contributed by atoms with van der Waals surface area (Å²) in [5.74, 6) is 0. The van der Waals surface area contributed by atoms with Gasteiger partial charge in [-0.1, -0.05) is 18.2 Å². The third kappa shape index (κ3) is 4.01. The molecule has 0 saturated carbocycles. The smallest absolute Gasteiger partial charge is 0.411 e. The summed E-state index contributed by atoms with van der Waals surface area (Å²) in [6, 6.07) is 14.7. The molecule has 6 nitrogen and oxygen atoms in total. The lowest BCUT2D eigenvalue weighted by molar-refractivity contribution is 0.168. The molecule has 0 unspecified atom stereocenters. The Balaban J connectivity index is 2.19. The molecule has 0 fully saturated rings. The number of benzene rings is 2. The van der Waals surface area contributed by atoms with Crippen molar-refractivity contribution >= 4 is 27.5 Å². The van der Waals surface area contributed by atoms with E-state index in [2.05, 4.69) is 5.32 Å². The molecule has 0 aliphatic heterocycles. The maximum atomic E-state index is 12.6. The van der Waals surface area contributed by atoms with Crippen LogP contribution >= 0.6 is 0 Å². The standard InChI is InChI=1S/C16H18N2O4S/c1-3-22-16(19)17-13-9-11-15(12-10-13)23(20,21)18(2)14-7-5-4-6-8-14/h4-12H,3H2,1-2H3,(H,17,19). The molecule has 0 aliphatic rings. The summed E-state index contributed by atoms with van der Waals surface area (Å²) in [7, 11) is -2.16. The Morgan fingerprint density at radius 2 is 1.70 bits per heavy atom. The first kappa shape index (κ1) is 16.8. The van der Waals surface area contributed by atoms with E-state index in [-0.39, 0.29) is 11.5 Å². The van der Waals surface area contributed by atoms with Crippen molar-refractivity contribution in [1.29, 1.82) is 0 Å². The van der Waals surface area contributed by atoms with Crippen LogP contribution in [-0.2, 0) is 14.8 Å². The number of para-hydroxylation sites is 1. The monoisotopic (exact) mass is 334 g/mol. The fourth-order valence-corrected chi connectivity index (χ4v) is 3.13. The first-order valence-electron chi connectivity index (χ1n) is 7.03. The van der Waals surface area contributed by atoms with Gasteiger partial charge in [-0.25, -0.2) is 13.2 Å². The van der Waals surface area contributed by atoms with E-state index in [0.717, 1.165) is 0 Å². The predicted octanol–water partition coefficient (Wildman–Crippen LogP) is 3.08. The SMILES string of the molecule is CCOC(=O)Nc1ccc(S(=O)(=O)N(C)c2ccccc2)cc1. The molecular formula is C16H18N2O4S. The van der Waals surface area contributed by atoms with E-state index in [4.69, 9.17) is 4.74 Å². The topological polar surface area (TPSA) is 75.7 Å². The van der Waals surface area contributed by atoms with Gasteiger partial charge in [0, 0.05) is 12.7 Å². The van der Waals surface area contributed by atoms with Gasteiger partial charge in [0.25, 0.3) is 10.0 Å². The van der Waals surface area contributed by atoms with Crippen LogP contribution in [0.2, 0.25) is 0 Å². The highest BCUT2D eigenvalue weighted by Crippen LogP contribution is 2.22. The van der Waals surface area contributed by atoms with E-state index in [1.54, 1.807) is 31.2 Å². The average Bonchev–Trinajstić information content (AvgIpc) is 2.55. The largest absolute Gasteiger partial charge is 0.450 e. The van der Waals surface area contributed by atoms with Crippen LogP contribution in [0.4, 0.5) is 16.2 Å². The Kier molecular flexibility index (Phi) is 5.23. The fraction of sp³-hybridized carbons (Fsp3) is 0.188. The molecule has 0 atom stereocenters. The van der Waals surface area contributed by atoms with E-state index in [9.17, 15) is 13.2 Å². The van der Waals surface area contributed by atoms with Crippen LogP contribution < -0.4 is 9.62 Å². The molecule has 0 bridgehead atoms. The molecular weight excluding hydrogens is 316 g/mol. The molecule has 0 heterocycles. The number of carbonyl (C=O) groups is 1. The van der Waals surface area contributed by atoms with Gasteiger partial charge in [0.15, 0.2) is 0 Å². The van der Waals surface area contributed by atoms with Crippen LogP contribution in [-0.4, -0.2) is 28.2 Å². The van der Waals surface area contributed by atoms with Crippen LogP contribution in [0.5, 0.6) is 0 Å². The number of nitrogens with zero attached hydrogens (tertiary/aromatic N) is 1. The van der Waals surface area contributed by atoms with Crippen LogP contribution in [0.3, 0.4) is 0 Å². The Bertz CT molecular complexity index is 758. The summed E-state index contributed by atoms with van der Waals surface area (Å²) in [5, 5.41) is 2.51. The highest BCUT2D eigenvalue weighted by atomic mass is 32.2. The third-order valence-corrected chi connectivity index (χ3v) is 4.95. The number of carbonyl (C=O) groups excluding carboxylic acids is 1. The lowest BCUT2D eigenvalue weighted by Gasteiger charge is -2.19. The number of rotatable bonds is 5. The summed E-state index contributed by atoms with van der Waals surface area (Å²) in [5.41, 5.74) is 1.03. The molecule has 1 amide bonds. The van der Waals surface area contributed by atoms with Gasteiger partial charge in [-0.2, -0.15) is 0 Å².